The van der Waals surface area contributed by atoms with Crippen molar-refractivity contribution in [2.75, 3.05) is 12.3 Å². The van der Waals surface area contributed by atoms with Gasteiger partial charge in [-0.15, -0.1) is 0 Å². The lowest BCUT2D eigenvalue weighted by Gasteiger charge is -2.42. The fourth-order valence-corrected chi connectivity index (χ4v) is 6.81. The molecule has 7 nitrogen and oxygen atoms in total. The number of ether oxygens (including phenoxy) is 1. The molecule has 0 aromatic heterocycles. The van der Waals surface area contributed by atoms with Crippen molar-refractivity contribution in [1.82, 2.24) is 4.31 Å². The maximum atomic E-state index is 13.1. The Morgan fingerprint density at radius 3 is 2.41 bits per heavy atom. The fourth-order valence-electron chi connectivity index (χ4n) is 3.19. The van der Waals surface area contributed by atoms with Crippen LogP contribution in [0.1, 0.15) is 13.8 Å². The van der Waals surface area contributed by atoms with Gasteiger partial charge in [0.2, 0.25) is 10.0 Å². The van der Waals surface area contributed by atoms with Gasteiger partial charge in [-0.25, -0.2) is 8.42 Å². The highest BCUT2D eigenvalue weighted by Gasteiger charge is 2.51. The van der Waals surface area contributed by atoms with Crippen LogP contribution in [-0.2, 0) is 25.6 Å². The number of rotatable bonds is 5. The van der Waals surface area contributed by atoms with E-state index in [2.05, 4.69) is 15.9 Å². The van der Waals surface area contributed by atoms with Gasteiger partial charge in [0.15, 0.2) is 0 Å². The molecule has 0 bridgehead atoms. The average molecular weight is 502 g/mol. The number of benzene rings is 2. The zero-order chi connectivity index (χ0) is 21.4. The predicted octanol–water partition coefficient (Wildman–Crippen LogP) is 3.23. The molecule has 0 aliphatic carbocycles. The Balaban J connectivity index is 1.90. The Kier molecular flexibility index (Phi) is 6.19. The number of hydrogen-bond acceptors (Lipinski definition) is 5. The smallest absolute Gasteiger partial charge is 0.323 e. The molecule has 0 spiro atoms. The first kappa shape index (κ1) is 21.9. The summed E-state index contributed by atoms with van der Waals surface area (Å²) in [6, 6.07) is 11.6. The van der Waals surface area contributed by atoms with Gasteiger partial charge in [0.25, 0.3) is 0 Å². The topological polar surface area (TPSA) is 101 Å². The number of aliphatic carboxylic acids is 1. The van der Waals surface area contributed by atoms with E-state index < -0.39 is 37.6 Å². The largest absolute Gasteiger partial charge is 0.480 e. The SMILES string of the molecule is CC1(C)[C@@H](C(=O)O)N(S(=O)(=O)c2ccc(Oc3ccccc3Br)cc2)CCS1=O. The molecular formula is C19H20BrNO6S2. The van der Waals surface area contributed by atoms with E-state index in [1.807, 2.05) is 18.2 Å². The molecule has 29 heavy (non-hydrogen) atoms. The maximum Gasteiger partial charge on any atom is 0.323 e. The highest BCUT2D eigenvalue weighted by atomic mass is 79.9. The summed E-state index contributed by atoms with van der Waals surface area (Å²) in [6.45, 7) is 2.90. The van der Waals surface area contributed by atoms with Crippen molar-refractivity contribution in [3.8, 4) is 11.5 Å². The first-order chi connectivity index (χ1) is 13.5. The Labute approximate surface area is 180 Å². The van der Waals surface area contributed by atoms with E-state index in [1.165, 1.54) is 38.1 Å². The molecule has 10 heteroatoms. The lowest BCUT2D eigenvalue weighted by atomic mass is 10.0. The van der Waals surface area contributed by atoms with E-state index in [4.69, 9.17) is 4.74 Å². The third-order valence-electron chi connectivity index (χ3n) is 4.76. The van der Waals surface area contributed by atoms with E-state index >= 15 is 0 Å². The third kappa shape index (κ3) is 4.25. The summed E-state index contributed by atoms with van der Waals surface area (Å²) in [7, 11) is -5.55. The van der Waals surface area contributed by atoms with Crippen LogP contribution in [0.3, 0.4) is 0 Å². The van der Waals surface area contributed by atoms with Crippen LogP contribution < -0.4 is 4.74 Å². The van der Waals surface area contributed by atoms with Crippen LogP contribution >= 0.6 is 15.9 Å². The van der Waals surface area contributed by atoms with E-state index in [-0.39, 0.29) is 17.2 Å². The summed E-state index contributed by atoms with van der Waals surface area (Å²) in [5.41, 5.74) is 0. The van der Waals surface area contributed by atoms with Gasteiger partial charge < -0.3 is 9.84 Å². The number of carbonyl (C=O) groups is 1. The fraction of sp³-hybridized carbons (Fsp3) is 0.316. The standard InChI is InChI=1S/C19H20BrNO6S2/c1-19(2)17(18(22)23)21(11-12-28(19)24)29(25,26)14-9-7-13(8-10-14)27-16-6-4-3-5-15(16)20/h3-10,17H,11-12H2,1-2H3,(H,22,23)/t17-,28?/m1/s1. The molecule has 1 heterocycles. The highest BCUT2D eigenvalue weighted by Crippen LogP contribution is 2.34. The van der Waals surface area contributed by atoms with Crippen molar-refractivity contribution in [2.24, 2.45) is 0 Å². The number of para-hydroxylation sites is 1. The second-order valence-electron chi connectivity index (χ2n) is 7.01. The van der Waals surface area contributed by atoms with Crippen LogP contribution in [0.15, 0.2) is 57.9 Å². The minimum Gasteiger partial charge on any atom is -0.480 e. The van der Waals surface area contributed by atoms with Crippen LogP contribution in [-0.4, -0.2) is 51.1 Å². The summed E-state index contributed by atoms with van der Waals surface area (Å²) >= 11 is 3.38. The molecule has 1 N–H and O–H groups in total. The maximum absolute atomic E-state index is 13.1. The minimum atomic E-state index is -4.10. The molecule has 3 rings (SSSR count). The molecule has 1 saturated heterocycles. The van der Waals surface area contributed by atoms with E-state index in [0.717, 1.165) is 8.78 Å². The van der Waals surface area contributed by atoms with Crippen molar-refractivity contribution in [2.45, 2.75) is 29.5 Å². The monoisotopic (exact) mass is 501 g/mol. The Hall–Kier alpha value is -1.75. The summed E-state index contributed by atoms with van der Waals surface area (Å²) in [4.78, 5) is 11.8. The Bertz CT molecular complexity index is 1050. The van der Waals surface area contributed by atoms with E-state index in [1.54, 1.807) is 6.07 Å². The highest BCUT2D eigenvalue weighted by molar-refractivity contribution is 9.10. The molecule has 156 valence electrons. The van der Waals surface area contributed by atoms with Gasteiger partial charge in [-0.3, -0.25) is 9.00 Å². The van der Waals surface area contributed by atoms with Gasteiger partial charge in [-0.2, -0.15) is 4.31 Å². The minimum absolute atomic E-state index is 0.0493. The third-order valence-corrected chi connectivity index (χ3v) is 9.24. The average Bonchev–Trinajstić information content (AvgIpc) is 2.65. The second kappa shape index (κ2) is 8.17. The van der Waals surface area contributed by atoms with Crippen molar-refractivity contribution in [3.05, 3.63) is 53.0 Å². The van der Waals surface area contributed by atoms with Gasteiger partial charge in [-0.1, -0.05) is 12.1 Å². The van der Waals surface area contributed by atoms with E-state index in [9.17, 15) is 22.5 Å². The van der Waals surface area contributed by atoms with Crippen LogP contribution in [0, 0.1) is 0 Å². The molecule has 2 aromatic carbocycles. The molecule has 0 radical (unpaired) electrons. The zero-order valence-electron chi connectivity index (χ0n) is 15.7. The first-order valence-electron chi connectivity index (χ1n) is 8.70. The number of carboxylic acid groups (broad SMARTS) is 1. The predicted molar refractivity (Wildman–Crippen MR) is 113 cm³/mol. The Morgan fingerprint density at radius 2 is 1.83 bits per heavy atom. The molecule has 1 aliphatic rings. The number of sulfonamides is 1. The molecule has 0 amide bonds. The van der Waals surface area contributed by atoms with Crippen molar-refractivity contribution < 1.29 is 27.3 Å². The molecule has 1 fully saturated rings. The van der Waals surface area contributed by atoms with Gasteiger partial charge >= 0.3 is 5.97 Å². The molecule has 1 aliphatic heterocycles. The number of halogens is 1. The van der Waals surface area contributed by atoms with Crippen molar-refractivity contribution in [3.63, 3.8) is 0 Å². The number of carboxylic acids is 1. The zero-order valence-corrected chi connectivity index (χ0v) is 19.0. The summed E-state index contributed by atoms with van der Waals surface area (Å²) in [5, 5.41) is 9.64. The van der Waals surface area contributed by atoms with Gasteiger partial charge in [0, 0.05) is 23.1 Å². The molecule has 2 aromatic rings. The van der Waals surface area contributed by atoms with Gasteiger partial charge in [0.05, 0.1) is 14.1 Å². The van der Waals surface area contributed by atoms with Gasteiger partial charge in [0.1, 0.15) is 17.5 Å². The lowest BCUT2D eigenvalue weighted by Crippen LogP contribution is -2.62. The summed E-state index contributed by atoms with van der Waals surface area (Å²) in [6.07, 6.45) is 0. The lowest BCUT2D eigenvalue weighted by molar-refractivity contribution is -0.142. The second-order valence-corrected chi connectivity index (χ2v) is 11.9. The van der Waals surface area contributed by atoms with Crippen LogP contribution in [0.4, 0.5) is 0 Å². The molecule has 2 atom stereocenters. The quantitative estimate of drug-likeness (QED) is 0.674. The normalized spacial score (nSPS) is 22.2. The molecule has 1 unspecified atom stereocenters. The van der Waals surface area contributed by atoms with Crippen molar-refractivity contribution in [1.29, 1.82) is 0 Å². The molecular weight excluding hydrogens is 482 g/mol. The first-order valence-corrected chi connectivity index (χ1v) is 12.3. The van der Waals surface area contributed by atoms with Crippen LogP contribution in [0.25, 0.3) is 0 Å². The number of hydrogen-bond donors (Lipinski definition) is 1. The number of nitrogens with zero attached hydrogens (tertiary/aromatic N) is 1. The van der Waals surface area contributed by atoms with Gasteiger partial charge in [-0.05, 0) is 66.2 Å². The van der Waals surface area contributed by atoms with Crippen molar-refractivity contribution >= 4 is 42.7 Å². The Morgan fingerprint density at radius 1 is 1.21 bits per heavy atom. The van der Waals surface area contributed by atoms with Crippen LogP contribution in [0.5, 0.6) is 11.5 Å². The van der Waals surface area contributed by atoms with Crippen LogP contribution in [0.2, 0.25) is 0 Å². The summed E-state index contributed by atoms with van der Waals surface area (Å²) < 4.78 is 44.8. The van der Waals surface area contributed by atoms with E-state index in [0.29, 0.717) is 11.5 Å². The summed E-state index contributed by atoms with van der Waals surface area (Å²) in [5.74, 6) is -0.222. The molecule has 0 saturated carbocycles.